The third-order valence-electron chi connectivity index (χ3n) is 4.98. The van der Waals surface area contributed by atoms with Gasteiger partial charge in [-0.1, -0.05) is 18.6 Å². The summed E-state index contributed by atoms with van der Waals surface area (Å²) in [6.45, 7) is 0.542. The van der Waals surface area contributed by atoms with Crippen molar-refractivity contribution in [2.45, 2.75) is 32.2 Å². The number of hydrogen-bond donors (Lipinski definition) is 2. The monoisotopic (exact) mass is 286 g/mol. The standard InChI is InChI=1S/C17H22N2O2/c1-18-16(20)13-5-2-11(3-6-13)10-19-17(21)15-9-12-4-7-14(15)8-12/h2-3,5-6,12,14-15H,4,7-10H2,1H3,(H,18,20)(H,19,21). The van der Waals surface area contributed by atoms with Gasteiger partial charge < -0.3 is 10.6 Å². The molecule has 0 heterocycles. The molecule has 3 unspecified atom stereocenters. The van der Waals surface area contributed by atoms with Crippen LogP contribution in [0.4, 0.5) is 0 Å². The van der Waals surface area contributed by atoms with E-state index >= 15 is 0 Å². The highest BCUT2D eigenvalue weighted by molar-refractivity contribution is 5.93. The van der Waals surface area contributed by atoms with Crippen molar-refractivity contribution in [1.29, 1.82) is 0 Å². The number of rotatable bonds is 4. The van der Waals surface area contributed by atoms with E-state index in [9.17, 15) is 9.59 Å². The van der Waals surface area contributed by atoms with Crippen LogP contribution in [0.3, 0.4) is 0 Å². The Labute approximate surface area is 125 Å². The minimum Gasteiger partial charge on any atom is -0.355 e. The van der Waals surface area contributed by atoms with Gasteiger partial charge in [-0.2, -0.15) is 0 Å². The summed E-state index contributed by atoms with van der Waals surface area (Å²) >= 11 is 0. The van der Waals surface area contributed by atoms with Gasteiger partial charge in [0.2, 0.25) is 5.91 Å². The Morgan fingerprint density at radius 1 is 1.14 bits per heavy atom. The lowest BCUT2D eigenvalue weighted by molar-refractivity contribution is -0.126. The smallest absolute Gasteiger partial charge is 0.251 e. The number of amides is 2. The van der Waals surface area contributed by atoms with Gasteiger partial charge in [0.05, 0.1) is 0 Å². The lowest BCUT2D eigenvalue weighted by Gasteiger charge is -2.20. The van der Waals surface area contributed by atoms with Crippen molar-refractivity contribution < 1.29 is 9.59 Å². The molecular formula is C17H22N2O2. The van der Waals surface area contributed by atoms with Crippen LogP contribution in [-0.2, 0) is 11.3 Å². The fraction of sp³-hybridized carbons (Fsp3) is 0.529. The number of nitrogens with one attached hydrogen (secondary N) is 2. The molecule has 3 atom stereocenters. The average molecular weight is 286 g/mol. The van der Waals surface area contributed by atoms with Crippen LogP contribution in [0.1, 0.15) is 41.6 Å². The second-order valence-corrected chi connectivity index (χ2v) is 6.28. The largest absolute Gasteiger partial charge is 0.355 e. The Morgan fingerprint density at radius 3 is 2.48 bits per heavy atom. The van der Waals surface area contributed by atoms with Crippen LogP contribution in [0.2, 0.25) is 0 Å². The third-order valence-corrected chi connectivity index (χ3v) is 4.98. The summed E-state index contributed by atoms with van der Waals surface area (Å²) in [5, 5.41) is 5.64. The van der Waals surface area contributed by atoms with Crippen molar-refractivity contribution in [2.75, 3.05) is 7.05 Å². The van der Waals surface area contributed by atoms with Gasteiger partial charge in [0.1, 0.15) is 0 Å². The molecule has 0 saturated heterocycles. The highest BCUT2D eigenvalue weighted by Crippen LogP contribution is 2.48. The van der Waals surface area contributed by atoms with E-state index in [0.717, 1.165) is 17.9 Å². The fourth-order valence-corrected chi connectivity index (χ4v) is 3.80. The van der Waals surface area contributed by atoms with Gasteiger partial charge in [0.25, 0.3) is 5.91 Å². The number of fused-ring (bicyclic) bond motifs is 2. The highest BCUT2D eigenvalue weighted by atomic mass is 16.2. The summed E-state index contributed by atoms with van der Waals surface area (Å²) in [5.74, 6) is 1.75. The summed E-state index contributed by atoms with van der Waals surface area (Å²) in [5.41, 5.74) is 1.67. The molecule has 2 fully saturated rings. The van der Waals surface area contributed by atoms with Gasteiger partial charge >= 0.3 is 0 Å². The molecule has 4 heteroatoms. The van der Waals surface area contributed by atoms with Crippen LogP contribution in [0, 0.1) is 17.8 Å². The molecule has 2 aliphatic rings. The molecule has 4 nitrogen and oxygen atoms in total. The van der Waals surface area contributed by atoms with Gasteiger partial charge in [-0.3, -0.25) is 9.59 Å². The Balaban J connectivity index is 1.53. The maximum atomic E-state index is 12.3. The molecule has 2 bridgehead atoms. The van der Waals surface area contributed by atoms with Crippen LogP contribution < -0.4 is 10.6 Å². The molecule has 2 saturated carbocycles. The summed E-state index contributed by atoms with van der Waals surface area (Å²) in [6, 6.07) is 7.37. The molecule has 1 aromatic rings. The number of carbonyl (C=O) groups is 2. The topological polar surface area (TPSA) is 58.2 Å². The van der Waals surface area contributed by atoms with Crippen LogP contribution in [0.15, 0.2) is 24.3 Å². The van der Waals surface area contributed by atoms with Crippen molar-refractivity contribution in [1.82, 2.24) is 10.6 Å². The zero-order valence-corrected chi connectivity index (χ0v) is 12.4. The van der Waals surface area contributed by atoms with E-state index in [1.807, 2.05) is 12.1 Å². The molecule has 112 valence electrons. The second kappa shape index (κ2) is 5.88. The number of carbonyl (C=O) groups excluding carboxylic acids is 2. The third kappa shape index (κ3) is 2.94. The van der Waals surface area contributed by atoms with Crippen molar-refractivity contribution in [3.63, 3.8) is 0 Å². The van der Waals surface area contributed by atoms with Crippen molar-refractivity contribution in [3.8, 4) is 0 Å². The predicted octanol–water partition coefficient (Wildman–Crippen LogP) is 2.10. The van der Waals surface area contributed by atoms with Crippen LogP contribution >= 0.6 is 0 Å². The Hall–Kier alpha value is -1.84. The summed E-state index contributed by atoms with van der Waals surface area (Å²) in [4.78, 5) is 23.7. The molecule has 3 rings (SSSR count). The first-order valence-corrected chi connectivity index (χ1v) is 7.76. The minimum atomic E-state index is -0.0902. The van der Waals surface area contributed by atoms with E-state index in [0.29, 0.717) is 18.0 Å². The fourth-order valence-electron chi connectivity index (χ4n) is 3.80. The quantitative estimate of drug-likeness (QED) is 0.890. The second-order valence-electron chi connectivity index (χ2n) is 6.28. The van der Waals surface area contributed by atoms with Crippen molar-refractivity contribution in [2.24, 2.45) is 17.8 Å². The molecule has 21 heavy (non-hydrogen) atoms. The van der Waals surface area contributed by atoms with Gasteiger partial charge in [0, 0.05) is 25.1 Å². The molecule has 0 spiro atoms. The Bertz CT molecular complexity index is 538. The molecule has 2 N–H and O–H groups in total. The maximum Gasteiger partial charge on any atom is 0.251 e. The number of hydrogen-bond acceptors (Lipinski definition) is 2. The first kappa shape index (κ1) is 14.1. The van der Waals surface area contributed by atoms with E-state index in [1.54, 1.807) is 19.2 Å². The zero-order chi connectivity index (χ0) is 14.8. The molecule has 0 aliphatic heterocycles. The average Bonchev–Trinajstić information content (AvgIpc) is 3.15. The normalized spacial score (nSPS) is 26.6. The summed E-state index contributed by atoms with van der Waals surface area (Å²) in [7, 11) is 1.62. The predicted molar refractivity (Wildman–Crippen MR) is 80.6 cm³/mol. The van der Waals surface area contributed by atoms with Gasteiger partial charge in [-0.15, -0.1) is 0 Å². The van der Waals surface area contributed by atoms with E-state index in [2.05, 4.69) is 10.6 Å². The summed E-state index contributed by atoms with van der Waals surface area (Å²) in [6.07, 6.45) is 4.87. The van der Waals surface area contributed by atoms with Crippen molar-refractivity contribution >= 4 is 11.8 Å². The molecule has 1 aromatic carbocycles. The van der Waals surface area contributed by atoms with Crippen LogP contribution in [-0.4, -0.2) is 18.9 Å². The lowest BCUT2D eigenvalue weighted by Crippen LogP contribution is -2.33. The zero-order valence-electron chi connectivity index (χ0n) is 12.4. The Kier molecular flexibility index (Phi) is 3.95. The van der Waals surface area contributed by atoms with Gasteiger partial charge in [0.15, 0.2) is 0 Å². The van der Waals surface area contributed by atoms with Crippen LogP contribution in [0.5, 0.6) is 0 Å². The summed E-state index contributed by atoms with van der Waals surface area (Å²) < 4.78 is 0. The molecule has 0 radical (unpaired) electrons. The number of benzene rings is 1. The van der Waals surface area contributed by atoms with Gasteiger partial charge in [-0.05, 0) is 48.8 Å². The molecule has 0 aromatic heterocycles. The lowest BCUT2D eigenvalue weighted by atomic mass is 9.88. The van der Waals surface area contributed by atoms with Crippen LogP contribution in [0.25, 0.3) is 0 Å². The highest BCUT2D eigenvalue weighted by Gasteiger charge is 2.42. The van der Waals surface area contributed by atoms with E-state index in [-0.39, 0.29) is 17.7 Å². The molecular weight excluding hydrogens is 264 g/mol. The first-order chi connectivity index (χ1) is 10.2. The minimum absolute atomic E-state index is 0.0902. The molecule has 2 amide bonds. The van der Waals surface area contributed by atoms with Crippen molar-refractivity contribution in [3.05, 3.63) is 35.4 Å². The Morgan fingerprint density at radius 2 is 1.90 bits per heavy atom. The maximum absolute atomic E-state index is 12.3. The van der Waals surface area contributed by atoms with E-state index in [4.69, 9.17) is 0 Å². The first-order valence-electron chi connectivity index (χ1n) is 7.76. The van der Waals surface area contributed by atoms with E-state index in [1.165, 1.54) is 19.3 Å². The molecule has 2 aliphatic carbocycles. The SMILES string of the molecule is CNC(=O)c1ccc(CNC(=O)C2CC3CCC2C3)cc1. The van der Waals surface area contributed by atoms with E-state index < -0.39 is 0 Å². The van der Waals surface area contributed by atoms with Gasteiger partial charge in [-0.25, -0.2) is 0 Å².